The van der Waals surface area contributed by atoms with Crippen molar-refractivity contribution in [3.63, 3.8) is 0 Å². The number of hydrogen-bond acceptors (Lipinski definition) is 5. The van der Waals surface area contributed by atoms with Crippen LogP contribution in [-0.4, -0.2) is 21.0 Å². The van der Waals surface area contributed by atoms with E-state index in [0.717, 1.165) is 4.47 Å². The van der Waals surface area contributed by atoms with E-state index in [-0.39, 0.29) is 11.5 Å². The summed E-state index contributed by atoms with van der Waals surface area (Å²) in [5.74, 6) is -0.832. The molecule has 0 unspecified atom stereocenters. The Balaban J connectivity index is 2.34. The van der Waals surface area contributed by atoms with Crippen LogP contribution in [0.2, 0.25) is 0 Å². The summed E-state index contributed by atoms with van der Waals surface area (Å²) >= 11 is 3.28. The second kappa shape index (κ2) is 5.67. The lowest BCUT2D eigenvalue weighted by Crippen LogP contribution is -2.06. The maximum Gasteiger partial charge on any atom is 0.339 e. The molecule has 20 heavy (non-hydrogen) atoms. The fourth-order valence-electron chi connectivity index (χ4n) is 1.58. The molecule has 2 rings (SSSR count). The molecule has 0 bridgehead atoms. The molecule has 0 amide bonds. The lowest BCUT2D eigenvalue weighted by molar-refractivity contribution is 0.0695. The van der Waals surface area contributed by atoms with E-state index >= 15 is 0 Å². The van der Waals surface area contributed by atoms with Crippen molar-refractivity contribution in [1.82, 2.24) is 9.97 Å². The van der Waals surface area contributed by atoms with Crippen molar-refractivity contribution in [3.8, 4) is 6.07 Å². The largest absolute Gasteiger partial charge is 0.478 e. The first-order valence-electron chi connectivity index (χ1n) is 5.55. The first-order valence-corrected chi connectivity index (χ1v) is 6.34. The monoisotopic (exact) mass is 332 g/mol. The van der Waals surface area contributed by atoms with Crippen molar-refractivity contribution in [2.24, 2.45) is 0 Å². The molecule has 0 saturated heterocycles. The molecule has 2 N–H and O–H groups in total. The molecule has 0 atom stereocenters. The van der Waals surface area contributed by atoms with Gasteiger partial charge in [0.1, 0.15) is 6.07 Å². The van der Waals surface area contributed by atoms with Gasteiger partial charge in [-0.2, -0.15) is 5.26 Å². The topological polar surface area (TPSA) is 98.9 Å². The number of halogens is 1. The molecule has 0 aliphatic carbocycles. The van der Waals surface area contributed by atoms with Crippen LogP contribution >= 0.6 is 15.9 Å². The first-order chi connectivity index (χ1) is 9.51. The Morgan fingerprint density at radius 3 is 2.85 bits per heavy atom. The van der Waals surface area contributed by atoms with E-state index in [1.54, 1.807) is 25.1 Å². The molecular weight excluding hydrogens is 324 g/mol. The number of carbonyl (C=O) groups is 1. The molecule has 1 heterocycles. The number of nitrogens with zero attached hydrogens (tertiary/aromatic N) is 3. The number of benzene rings is 1. The van der Waals surface area contributed by atoms with E-state index in [1.165, 1.54) is 6.20 Å². The number of aryl methyl sites for hydroxylation is 1. The number of carboxylic acids is 1. The van der Waals surface area contributed by atoms with E-state index in [2.05, 4.69) is 37.3 Å². The highest BCUT2D eigenvalue weighted by atomic mass is 79.9. The Hall–Kier alpha value is -2.46. The van der Waals surface area contributed by atoms with E-state index in [0.29, 0.717) is 16.9 Å². The quantitative estimate of drug-likeness (QED) is 0.896. The van der Waals surface area contributed by atoms with Gasteiger partial charge in [-0.05, 0) is 25.1 Å². The van der Waals surface area contributed by atoms with Gasteiger partial charge in [0.05, 0.1) is 22.5 Å². The summed E-state index contributed by atoms with van der Waals surface area (Å²) in [5, 5.41) is 20.9. The van der Waals surface area contributed by atoms with Crippen LogP contribution in [0.15, 0.2) is 28.9 Å². The van der Waals surface area contributed by atoms with Crippen LogP contribution in [-0.2, 0) is 0 Å². The number of aromatic carboxylic acids is 1. The summed E-state index contributed by atoms with van der Waals surface area (Å²) in [4.78, 5) is 18.9. The molecule has 1 aromatic heterocycles. The first kappa shape index (κ1) is 14.0. The second-order valence-electron chi connectivity index (χ2n) is 3.92. The average Bonchev–Trinajstić information content (AvgIpc) is 2.40. The summed E-state index contributed by atoms with van der Waals surface area (Å²) in [6.45, 7) is 1.59. The summed E-state index contributed by atoms with van der Waals surface area (Å²) in [6, 6.07) is 7.22. The molecule has 6 nitrogen and oxygen atoms in total. The second-order valence-corrected chi connectivity index (χ2v) is 4.84. The molecule has 0 fully saturated rings. The van der Waals surface area contributed by atoms with Crippen molar-refractivity contribution in [3.05, 3.63) is 45.7 Å². The molecule has 0 saturated carbocycles. The average molecular weight is 333 g/mol. The van der Waals surface area contributed by atoms with Crippen molar-refractivity contribution in [1.29, 1.82) is 5.26 Å². The van der Waals surface area contributed by atoms with Gasteiger partial charge in [-0.3, -0.25) is 0 Å². The third kappa shape index (κ3) is 2.92. The molecule has 0 aliphatic heterocycles. The van der Waals surface area contributed by atoms with Crippen LogP contribution in [0.25, 0.3) is 0 Å². The van der Waals surface area contributed by atoms with Crippen molar-refractivity contribution >= 4 is 33.5 Å². The summed E-state index contributed by atoms with van der Waals surface area (Å²) in [7, 11) is 0. The fraction of sp³-hybridized carbons (Fsp3) is 0.0769. The van der Waals surface area contributed by atoms with Crippen LogP contribution in [0, 0.1) is 18.3 Å². The Labute approximate surface area is 123 Å². The molecule has 0 aliphatic rings. The smallest absolute Gasteiger partial charge is 0.339 e. The molecule has 0 radical (unpaired) electrons. The van der Waals surface area contributed by atoms with Gasteiger partial charge >= 0.3 is 5.97 Å². The number of nitriles is 1. The van der Waals surface area contributed by atoms with Crippen molar-refractivity contribution in [2.75, 3.05) is 5.32 Å². The Morgan fingerprint density at radius 2 is 2.25 bits per heavy atom. The van der Waals surface area contributed by atoms with Crippen LogP contribution in [0.3, 0.4) is 0 Å². The number of carboxylic acid groups (broad SMARTS) is 1. The number of aromatic nitrogens is 2. The van der Waals surface area contributed by atoms with Crippen LogP contribution in [0.5, 0.6) is 0 Å². The predicted molar refractivity (Wildman–Crippen MR) is 75.9 cm³/mol. The molecule has 1 aromatic carbocycles. The molecular formula is C13H9BrN4O2. The van der Waals surface area contributed by atoms with Crippen LogP contribution < -0.4 is 5.32 Å². The normalized spacial score (nSPS) is 9.85. The van der Waals surface area contributed by atoms with Gasteiger partial charge in [-0.15, -0.1) is 0 Å². The third-order valence-corrected chi connectivity index (χ3v) is 3.05. The van der Waals surface area contributed by atoms with Gasteiger partial charge in [0.15, 0.2) is 0 Å². The minimum Gasteiger partial charge on any atom is -0.478 e. The van der Waals surface area contributed by atoms with E-state index in [4.69, 9.17) is 10.4 Å². The van der Waals surface area contributed by atoms with E-state index < -0.39 is 5.97 Å². The minimum atomic E-state index is -1.07. The maximum atomic E-state index is 10.9. The lowest BCUT2D eigenvalue weighted by Gasteiger charge is -2.08. The zero-order valence-corrected chi connectivity index (χ0v) is 12.0. The SMILES string of the molecule is Cc1nc(Nc2ccc(Br)cc2C#N)ncc1C(=O)O. The molecule has 100 valence electrons. The zero-order chi connectivity index (χ0) is 14.7. The predicted octanol–water partition coefficient (Wildman–Crippen LogP) is 2.86. The molecule has 7 heteroatoms. The van der Waals surface area contributed by atoms with Gasteiger partial charge in [0, 0.05) is 10.7 Å². The highest BCUT2D eigenvalue weighted by Gasteiger charge is 2.11. The Kier molecular flexibility index (Phi) is 3.96. The Bertz CT molecular complexity index is 725. The van der Waals surface area contributed by atoms with Gasteiger partial charge in [-0.25, -0.2) is 14.8 Å². The van der Waals surface area contributed by atoms with Gasteiger partial charge in [0.2, 0.25) is 5.95 Å². The van der Waals surface area contributed by atoms with Crippen LogP contribution in [0.1, 0.15) is 21.6 Å². The van der Waals surface area contributed by atoms with Gasteiger partial charge in [-0.1, -0.05) is 15.9 Å². The van der Waals surface area contributed by atoms with Crippen molar-refractivity contribution in [2.45, 2.75) is 6.92 Å². The highest BCUT2D eigenvalue weighted by Crippen LogP contribution is 2.22. The van der Waals surface area contributed by atoms with E-state index in [1.807, 2.05) is 0 Å². The standard InChI is InChI=1S/C13H9BrN4O2/c1-7-10(12(19)20)6-16-13(17-7)18-11-3-2-9(14)4-8(11)5-15/h2-4,6H,1H3,(H,19,20)(H,16,17,18). The summed E-state index contributed by atoms with van der Waals surface area (Å²) in [6.07, 6.45) is 1.23. The fourth-order valence-corrected chi connectivity index (χ4v) is 1.94. The minimum absolute atomic E-state index is 0.0480. The van der Waals surface area contributed by atoms with E-state index in [9.17, 15) is 4.79 Å². The van der Waals surface area contributed by atoms with Gasteiger partial charge < -0.3 is 10.4 Å². The highest BCUT2D eigenvalue weighted by molar-refractivity contribution is 9.10. The number of hydrogen-bond donors (Lipinski definition) is 2. The van der Waals surface area contributed by atoms with Crippen molar-refractivity contribution < 1.29 is 9.90 Å². The number of rotatable bonds is 3. The zero-order valence-electron chi connectivity index (χ0n) is 10.4. The number of anilines is 2. The number of nitrogens with one attached hydrogen (secondary N) is 1. The summed E-state index contributed by atoms with van der Waals surface area (Å²) in [5.41, 5.74) is 1.39. The molecule has 2 aromatic rings. The Morgan fingerprint density at radius 1 is 1.50 bits per heavy atom. The third-order valence-electron chi connectivity index (χ3n) is 2.56. The summed E-state index contributed by atoms with van der Waals surface area (Å²) < 4.78 is 0.790. The molecule has 0 spiro atoms. The maximum absolute atomic E-state index is 10.9. The van der Waals surface area contributed by atoms with Gasteiger partial charge in [0.25, 0.3) is 0 Å². The van der Waals surface area contributed by atoms with Crippen LogP contribution in [0.4, 0.5) is 11.6 Å². The lowest BCUT2D eigenvalue weighted by atomic mass is 10.2.